The molecule has 2 heteroatoms. The lowest BCUT2D eigenvalue weighted by Gasteiger charge is -2.07. The summed E-state index contributed by atoms with van der Waals surface area (Å²) >= 11 is 4.38. The van der Waals surface area contributed by atoms with Crippen molar-refractivity contribution in [2.45, 2.75) is 11.8 Å². The monoisotopic (exact) mass is 239 g/mol. The van der Waals surface area contributed by atoms with Gasteiger partial charge in [0, 0.05) is 21.7 Å². The first-order valence-corrected chi connectivity index (χ1v) is 6.07. The molecule has 0 amide bonds. The predicted molar refractivity (Wildman–Crippen MR) is 75.3 cm³/mol. The molecule has 84 valence electrons. The minimum atomic E-state index is 1.00. The summed E-state index contributed by atoms with van der Waals surface area (Å²) in [7, 11) is 0. The maximum Gasteiger partial charge on any atom is 0.0532 e. The van der Waals surface area contributed by atoms with E-state index in [2.05, 4.69) is 66.6 Å². The molecule has 2 aromatic carbocycles. The maximum absolute atomic E-state index is 4.38. The molecule has 3 rings (SSSR count). The van der Waals surface area contributed by atoms with Gasteiger partial charge in [0.25, 0.3) is 0 Å². The Morgan fingerprint density at radius 3 is 2.47 bits per heavy atom. The third kappa shape index (κ3) is 1.75. The smallest absolute Gasteiger partial charge is 0.0532 e. The molecule has 0 aliphatic carbocycles. The van der Waals surface area contributed by atoms with Crippen LogP contribution >= 0.6 is 12.6 Å². The van der Waals surface area contributed by atoms with E-state index in [1.807, 2.05) is 12.1 Å². The van der Waals surface area contributed by atoms with E-state index in [-0.39, 0.29) is 0 Å². The number of nitrogens with zero attached hydrogens (tertiary/aromatic N) is 1. The van der Waals surface area contributed by atoms with Crippen LogP contribution in [0.15, 0.2) is 59.5 Å². The summed E-state index contributed by atoms with van der Waals surface area (Å²) in [6.45, 7) is 2.13. The van der Waals surface area contributed by atoms with E-state index in [1.54, 1.807) is 0 Å². The molecule has 0 saturated carbocycles. The maximum atomic E-state index is 4.38. The highest BCUT2D eigenvalue weighted by molar-refractivity contribution is 7.80. The van der Waals surface area contributed by atoms with Gasteiger partial charge in [-0.05, 0) is 43.3 Å². The number of para-hydroxylation sites is 1. The minimum Gasteiger partial charge on any atom is -0.314 e. The standard InChI is InChI=1S/C15H13NS/c1-11-9-12-10-14(17)7-8-15(12)16(11)13-5-3-2-4-6-13/h2-10,17H,1H3. The van der Waals surface area contributed by atoms with Crippen molar-refractivity contribution in [2.75, 3.05) is 0 Å². The number of aromatic nitrogens is 1. The predicted octanol–water partition coefficient (Wildman–Crippen LogP) is 4.23. The zero-order valence-corrected chi connectivity index (χ0v) is 10.5. The second-order valence-corrected chi connectivity index (χ2v) is 4.72. The van der Waals surface area contributed by atoms with Crippen LogP contribution in [-0.2, 0) is 0 Å². The van der Waals surface area contributed by atoms with Gasteiger partial charge in [0.2, 0.25) is 0 Å². The second kappa shape index (κ2) is 3.97. The lowest BCUT2D eigenvalue weighted by molar-refractivity contribution is 1.05. The summed E-state index contributed by atoms with van der Waals surface area (Å²) in [6.07, 6.45) is 0. The SMILES string of the molecule is Cc1cc2cc(S)ccc2n1-c1ccccc1. The molecule has 1 nitrogen and oxygen atoms in total. The topological polar surface area (TPSA) is 4.93 Å². The molecule has 0 fully saturated rings. The zero-order valence-electron chi connectivity index (χ0n) is 9.59. The van der Waals surface area contributed by atoms with Gasteiger partial charge in [-0.2, -0.15) is 0 Å². The van der Waals surface area contributed by atoms with E-state index >= 15 is 0 Å². The average Bonchev–Trinajstić information content (AvgIpc) is 2.65. The fourth-order valence-electron chi connectivity index (χ4n) is 2.26. The van der Waals surface area contributed by atoms with Gasteiger partial charge >= 0.3 is 0 Å². The van der Waals surface area contributed by atoms with E-state index in [9.17, 15) is 0 Å². The van der Waals surface area contributed by atoms with Crippen molar-refractivity contribution >= 4 is 23.5 Å². The van der Waals surface area contributed by atoms with Crippen molar-refractivity contribution in [1.82, 2.24) is 4.57 Å². The molecule has 0 aliphatic rings. The van der Waals surface area contributed by atoms with Crippen molar-refractivity contribution in [3.8, 4) is 5.69 Å². The van der Waals surface area contributed by atoms with Crippen LogP contribution in [0, 0.1) is 6.92 Å². The Hall–Kier alpha value is -1.67. The first kappa shape index (κ1) is 10.5. The number of hydrogen-bond donors (Lipinski definition) is 1. The van der Waals surface area contributed by atoms with Crippen molar-refractivity contribution in [3.05, 3.63) is 60.3 Å². The molecular formula is C15H13NS. The summed E-state index contributed by atoms with van der Waals surface area (Å²) in [4.78, 5) is 1.00. The Balaban J connectivity index is 2.33. The number of thiol groups is 1. The van der Waals surface area contributed by atoms with Crippen molar-refractivity contribution in [2.24, 2.45) is 0 Å². The molecule has 3 aromatic rings. The molecular weight excluding hydrogens is 226 g/mol. The van der Waals surface area contributed by atoms with Gasteiger partial charge < -0.3 is 4.57 Å². The molecule has 0 bridgehead atoms. The summed E-state index contributed by atoms with van der Waals surface area (Å²) < 4.78 is 2.27. The van der Waals surface area contributed by atoms with Gasteiger partial charge in [0.1, 0.15) is 0 Å². The minimum absolute atomic E-state index is 1.00. The molecule has 0 atom stereocenters. The number of benzene rings is 2. The Kier molecular flexibility index (Phi) is 2.45. The van der Waals surface area contributed by atoms with Crippen molar-refractivity contribution in [1.29, 1.82) is 0 Å². The highest BCUT2D eigenvalue weighted by atomic mass is 32.1. The highest BCUT2D eigenvalue weighted by Gasteiger charge is 2.06. The first-order valence-electron chi connectivity index (χ1n) is 5.62. The fourth-order valence-corrected chi connectivity index (χ4v) is 2.47. The lowest BCUT2D eigenvalue weighted by Crippen LogP contribution is -1.95. The molecule has 17 heavy (non-hydrogen) atoms. The number of hydrogen-bond acceptors (Lipinski definition) is 1. The van der Waals surface area contributed by atoms with Crippen molar-refractivity contribution < 1.29 is 0 Å². The van der Waals surface area contributed by atoms with Gasteiger partial charge in [-0.1, -0.05) is 18.2 Å². The van der Waals surface area contributed by atoms with Crippen LogP contribution in [0.3, 0.4) is 0 Å². The van der Waals surface area contributed by atoms with E-state index < -0.39 is 0 Å². The van der Waals surface area contributed by atoms with Crippen LogP contribution in [0.1, 0.15) is 5.69 Å². The summed E-state index contributed by atoms with van der Waals surface area (Å²) in [5.74, 6) is 0. The molecule has 0 unspecified atom stereocenters. The average molecular weight is 239 g/mol. The molecule has 0 N–H and O–H groups in total. The summed E-state index contributed by atoms with van der Waals surface area (Å²) in [5.41, 5.74) is 3.67. The van der Waals surface area contributed by atoms with Gasteiger partial charge in [-0.15, -0.1) is 12.6 Å². The fraction of sp³-hybridized carbons (Fsp3) is 0.0667. The molecule has 1 heterocycles. The number of rotatable bonds is 1. The Morgan fingerprint density at radius 2 is 1.71 bits per heavy atom. The second-order valence-electron chi connectivity index (χ2n) is 4.20. The number of fused-ring (bicyclic) bond motifs is 1. The highest BCUT2D eigenvalue weighted by Crippen LogP contribution is 2.25. The van der Waals surface area contributed by atoms with E-state index in [4.69, 9.17) is 0 Å². The normalized spacial score (nSPS) is 10.9. The summed E-state index contributed by atoms with van der Waals surface area (Å²) in [5, 5.41) is 1.24. The van der Waals surface area contributed by atoms with E-state index in [1.165, 1.54) is 22.3 Å². The Morgan fingerprint density at radius 1 is 0.941 bits per heavy atom. The third-order valence-electron chi connectivity index (χ3n) is 2.98. The Bertz CT molecular complexity index is 668. The molecule has 1 aromatic heterocycles. The lowest BCUT2D eigenvalue weighted by atomic mass is 10.2. The van der Waals surface area contributed by atoms with E-state index in [0.717, 1.165) is 4.90 Å². The summed E-state index contributed by atoms with van der Waals surface area (Å²) in [6, 6.07) is 18.9. The van der Waals surface area contributed by atoms with Crippen LogP contribution in [0.4, 0.5) is 0 Å². The van der Waals surface area contributed by atoms with Crippen LogP contribution in [0.2, 0.25) is 0 Å². The molecule has 0 aliphatic heterocycles. The van der Waals surface area contributed by atoms with Crippen LogP contribution in [-0.4, -0.2) is 4.57 Å². The van der Waals surface area contributed by atoms with Gasteiger partial charge in [-0.25, -0.2) is 0 Å². The molecule has 0 radical (unpaired) electrons. The van der Waals surface area contributed by atoms with Gasteiger partial charge in [-0.3, -0.25) is 0 Å². The third-order valence-corrected chi connectivity index (χ3v) is 3.26. The van der Waals surface area contributed by atoms with Gasteiger partial charge in [0.05, 0.1) is 5.52 Å². The molecule has 0 spiro atoms. The van der Waals surface area contributed by atoms with Crippen LogP contribution in [0.25, 0.3) is 16.6 Å². The zero-order chi connectivity index (χ0) is 11.8. The quantitative estimate of drug-likeness (QED) is 0.606. The van der Waals surface area contributed by atoms with E-state index in [0.29, 0.717) is 0 Å². The molecule has 0 saturated heterocycles. The van der Waals surface area contributed by atoms with Crippen LogP contribution in [0.5, 0.6) is 0 Å². The largest absolute Gasteiger partial charge is 0.314 e. The Labute approximate surface area is 106 Å². The van der Waals surface area contributed by atoms with Crippen LogP contribution < -0.4 is 0 Å². The number of aryl methyl sites for hydroxylation is 1. The first-order chi connectivity index (χ1) is 8.25. The van der Waals surface area contributed by atoms with Crippen molar-refractivity contribution in [3.63, 3.8) is 0 Å². The van der Waals surface area contributed by atoms with Gasteiger partial charge in [0.15, 0.2) is 0 Å².